The maximum atomic E-state index is 9.98. The Morgan fingerprint density at radius 3 is 1.55 bits per heavy atom. The number of aliphatic hydroxyl groups is 2. The summed E-state index contributed by atoms with van der Waals surface area (Å²) < 4.78 is 0. The van der Waals surface area contributed by atoms with Gasteiger partial charge in [-0.2, -0.15) is 0 Å². The van der Waals surface area contributed by atoms with Crippen molar-refractivity contribution < 1.29 is 10.2 Å². The molecule has 0 aliphatic heterocycles. The van der Waals surface area contributed by atoms with Gasteiger partial charge in [0, 0.05) is 12.8 Å². The molecule has 1 aliphatic carbocycles. The van der Waals surface area contributed by atoms with Crippen LogP contribution in [0.2, 0.25) is 0 Å². The summed E-state index contributed by atoms with van der Waals surface area (Å²) in [5.74, 6) is 0. The predicted octanol–water partition coefficient (Wildman–Crippen LogP) is 4.96. The second kappa shape index (κ2) is 10.6. The highest BCUT2D eigenvalue weighted by Crippen LogP contribution is 2.36. The molecule has 0 aromatic heterocycles. The first-order chi connectivity index (χ1) is 9.66. The van der Waals surface area contributed by atoms with Gasteiger partial charge in [0.05, 0.1) is 11.7 Å². The summed E-state index contributed by atoms with van der Waals surface area (Å²) in [6, 6.07) is 0. The summed E-state index contributed by atoms with van der Waals surface area (Å²) in [5.41, 5.74) is -0.516. The predicted molar refractivity (Wildman–Crippen MR) is 85.9 cm³/mol. The molecule has 1 aliphatic rings. The van der Waals surface area contributed by atoms with Gasteiger partial charge in [-0.1, -0.05) is 84.0 Å². The average molecular weight is 284 g/mol. The van der Waals surface area contributed by atoms with E-state index in [9.17, 15) is 10.2 Å². The Hall–Kier alpha value is -0.0800. The van der Waals surface area contributed by atoms with Crippen molar-refractivity contribution in [3.8, 4) is 0 Å². The molecule has 0 aromatic carbocycles. The lowest BCUT2D eigenvalue weighted by Gasteiger charge is -2.41. The summed E-state index contributed by atoms with van der Waals surface area (Å²) in [7, 11) is 0. The van der Waals surface area contributed by atoms with Gasteiger partial charge in [0.15, 0.2) is 0 Å². The second-order valence-corrected chi connectivity index (χ2v) is 6.93. The molecular weight excluding hydrogens is 248 g/mol. The van der Waals surface area contributed by atoms with Gasteiger partial charge in [-0.25, -0.2) is 0 Å². The van der Waals surface area contributed by atoms with Crippen molar-refractivity contribution in [1.29, 1.82) is 0 Å². The monoisotopic (exact) mass is 284 g/mol. The van der Waals surface area contributed by atoms with Gasteiger partial charge in [0.2, 0.25) is 0 Å². The lowest BCUT2D eigenvalue weighted by atomic mass is 9.74. The van der Waals surface area contributed by atoms with Gasteiger partial charge in [-0.3, -0.25) is 0 Å². The molecule has 1 fully saturated rings. The first kappa shape index (κ1) is 18.0. The minimum atomic E-state index is -0.516. The summed E-state index contributed by atoms with van der Waals surface area (Å²) >= 11 is 0. The molecule has 2 nitrogen and oxygen atoms in total. The van der Waals surface area contributed by atoms with Crippen LogP contribution in [-0.4, -0.2) is 21.9 Å². The number of hydrogen-bond donors (Lipinski definition) is 2. The average Bonchev–Trinajstić information content (AvgIpc) is 2.38. The van der Waals surface area contributed by atoms with E-state index in [2.05, 4.69) is 6.92 Å². The molecule has 20 heavy (non-hydrogen) atoms. The fraction of sp³-hybridized carbons (Fsp3) is 1.00. The van der Waals surface area contributed by atoms with Crippen LogP contribution in [-0.2, 0) is 0 Å². The maximum Gasteiger partial charge on any atom is 0.0697 e. The highest BCUT2D eigenvalue weighted by atomic mass is 16.3. The van der Waals surface area contributed by atoms with Gasteiger partial charge in [-0.05, 0) is 6.42 Å². The zero-order valence-corrected chi connectivity index (χ0v) is 13.6. The van der Waals surface area contributed by atoms with Crippen LogP contribution in [0.25, 0.3) is 0 Å². The third-order valence-corrected chi connectivity index (χ3v) is 4.73. The van der Waals surface area contributed by atoms with Gasteiger partial charge in [0.25, 0.3) is 0 Å². The van der Waals surface area contributed by atoms with Crippen LogP contribution in [0, 0.1) is 0 Å². The Morgan fingerprint density at radius 2 is 1.15 bits per heavy atom. The SMILES string of the molecule is CCCCCCCCCCCCCCC1(O)CC(O)C1. The second-order valence-electron chi connectivity index (χ2n) is 6.93. The Kier molecular flexibility index (Phi) is 9.54. The van der Waals surface area contributed by atoms with E-state index >= 15 is 0 Å². The van der Waals surface area contributed by atoms with Crippen molar-refractivity contribution in [3.05, 3.63) is 0 Å². The fourth-order valence-corrected chi connectivity index (χ4v) is 3.32. The van der Waals surface area contributed by atoms with Crippen molar-refractivity contribution in [1.82, 2.24) is 0 Å². The molecule has 2 heteroatoms. The Morgan fingerprint density at radius 1 is 0.750 bits per heavy atom. The topological polar surface area (TPSA) is 40.5 Å². The standard InChI is InChI=1S/C18H36O2/c1-2-3-4-5-6-7-8-9-10-11-12-13-14-18(20)15-17(19)16-18/h17,19-20H,2-16H2,1H3. The van der Waals surface area contributed by atoms with Crippen LogP contribution in [0.4, 0.5) is 0 Å². The summed E-state index contributed by atoms with van der Waals surface area (Å²) in [5, 5.41) is 19.2. The summed E-state index contributed by atoms with van der Waals surface area (Å²) in [6.07, 6.45) is 18.1. The van der Waals surface area contributed by atoms with Crippen LogP contribution in [0.3, 0.4) is 0 Å². The van der Waals surface area contributed by atoms with E-state index in [1.807, 2.05) is 0 Å². The minimum Gasteiger partial charge on any atom is -0.393 e. The van der Waals surface area contributed by atoms with Gasteiger partial charge < -0.3 is 10.2 Å². The van der Waals surface area contributed by atoms with Crippen molar-refractivity contribution in [2.75, 3.05) is 0 Å². The highest BCUT2D eigenvalue weighted by molar-refractivity contribution is 4.93. The molecule has 1 rings (SSSR count). The number of aliphatic hydroxyl groups excluding tert-OH is 1. The third-order valence-electron chi connectivity index (χ3n) is 4.73. The molecule has 2 N–H and O–H groups in total. The lowest BCUT2D eigenvalue weighted by molar-refractivity contribution is -0.118. The Balaban J connectivity index is 1.73. The van der Waals surface area contributed by atoms with Crippen LogP contribution in [0.5, 0.6) is 0 Å². The molecule has 0 spiro atoms. The summed E-state index contributed by atoms with van der Waals surface area (Å²) in [4.78, 5) is 0. The molecule has 0 atom stereocenters. The number of rotatable bonds is 13. The van der Waals surface area contributed by atoms with Crippen molar-refractivity contribution >= 4 is 0 Å². The van der Waals surface area contributed by atoms with E-state index in [0.29, 0.717) is 12.8 Å². The van der Waals surface area contributed by atoms with Gasteiger partial charge >= 0.3 is 0 Å². The molecule has 0 heterocycles. The normalized spacial score (nSPS) is 25.6. The van der Waals surface area contributed by atoms with E-state index in [-0.39, 0.29) is 6.10 Å². The van der Waals surface area contributed by atoms with Gasteiger partial charge in [-0.15, -0.1) is 0 Å². The van der Waals surface area contributed by atoms with Crippen LogP contribution >= 0.6 is 0 Å². The number of unbranched alkanes of at least 4 members (excludes halogenated alkanes) is 11. The molecule has 0 radical (unpaired) electrons. The van der Waals surface area contributed by atoms with Crippen LogP contribution in [0.1, 0.15) is 103 Å². The lowest BCUT2D eigenvalue weighted by Crippen LogP contribution is -2.46. The number of hydrogen-bond acceptors (Lipinski definition) is 2. The molecule has 0 unspecified atom stereocenters. The van der Waals surface area contributed by atoms with Gasteiger partial charge in [0.1, 0.15) is 0 Å². The highest BCUT2D eigenvalue weighted by Gasteiger charge is 2.40. The summed E-state index contributed by atoms with van der Waals surface area (Å²) in [6.45, 7) is 2.27. The van der Waals surface area contributed by atoms with E-state index in [1.165, 1.54) is 70.6 Å². The third kappa shape index (κ3) is 8.26. The molecule has 0 saturated heterocycles. The fourth-order valence-electron chi connectivity index (χ4n) is 3.32. The smallest absolute Gasteiger partial charge is 0.0697 e. The maximum absolute atomic E-state index is 9.98. The molecule has 120 valence electrons. The van der Waals surface area contributed by atoms with Crippen molar-refractivity contribution in [2.24, 2.45) is 0 Å². The zero-order valence-electron chi connectivity index (χ0n) is 13.6. The largest absolute Gasteiger partial charge is 0.393 e. The van der Waals surface area contributed by atoms with Crippen molar-refractivity contribution in [3.63, 3.8) is 0 Å². The molecule has 0 amide bonds. The molecular formula is C18H36O2. The van der Waals surface area contributed by atoms with E-state index < -0.39 is 5.60 Å². The Bertz CT molecular complexity index is 221. The van der Waals surface area contributed by atoms with E-state index in [1.54, 1.807) is 0 Å². The van der Waals surface area contributed by atoms with Crippen LogP contribution in [0.15, 0.2) is 0 Å². The zero-order chi connectivity index (χ0) is 14.7. The van der Waals surface area contributed by atoms with E-state index in [0.717, 1.165) is 12.8 Å². The van der Waals surface area contributed by atoms with Crippen molar-refractivity contribution in [2.45, 2.75) is 115 Å². The first-order valence-corrected chi connectivity index (χ1v) is 9.07. The minimum absolute atomic E-state index is 0.239. The Labute approximate surface area is 126 Å². The van der Waals surface area contributed by atoms with Crippen LogP contribution < -0.4 is 0 Å². The quantitative estimate of drug-likeness (QED) is 0.469. The van der Waals surface area contributed by atoms with E-state index in [4.69, 9.17) is 0 Å². The first-order valence-electron chi connectivity index (χ1n) is 9.07. The molecule has 0 bridgehead atoms. The molecule has 0 aromatic rings. The molecule has 1 saturated carbocycles.